The molecule has 0 radical (unpaired) electrons. The zero-order valence-electron chi connectivity index (χ0n) is 19.9. The highest BCUT2D eigenvalue weighted by Crippen LogP contribution is 2.47. The van der Waals surface area contributed by atoms with Crippen LogP contribution in [0, 0.1) is 17.6 Å². The van der Waals surface area contributed by atoms with Crippen LogP contribution < -0.4 is 0 Å². The van der Waals surface area contributed by atoms with Crippen molar-refractivity contribution in [3.63, 3.8) is 0 Å². The van der Waals surface area contributed by atoms with E-state index < -0.39 is 63.6 Å². The number of benzene rings is 1. The molecule has 2 fully saturated rings. The first-order chi connectivity index (χ1) is 18.4. The van der Waals surface area contributed by atoms with Crippen molar-refractivity contribution in [1.29, 1.82) is 0 Å². The van der Waals surface area contributed by atoms with Crippen LogP contribution in [0.25, 0.3) is 11.3 Å². The van der Waals surface area contributed by atoms with Crippen LogP contribution in [0.1, 0.15) is 30.7 Å². The van der Waals surface area contributed by atoms with Gasteiger partial charge in [-0.2, -0.15) is 17.5 Å². The molecule has 1 aliphatic carbocycles. The summed E-state index contributed by atoms with van der Waals surface area (Å²) in [5.74, 6) is -4.25. The number of carbonyl (C=O) groups excluding carboxylic acids is 1. The van der Waals surface area contributed by atoms with Crippen LogP contribution in [0.15, 0.2) is 53.8 Å². The number of hydrogen-bond donors (Lipinski definition) is 0. The largest absolute Gasteiger partial charge is 0.451 e. The molecule has 1 saturated heterocycles. The normalized spacial score (nSPS) is 23.3. The molecule has 7 nitrogen and oxygen atoms in total. The zero-order chi connectivity index (χ0) is 28.1. The van der Waals surface area contributed by atoms with Gasteiger partial charge in [-0.1, -0.05) is 0 Å². The third-order valence-electron chi connectivity index (χ3n) is 7.04. The number of nitrogens with zero attached hydrogens (tertiary/aromatic N) is 4. The molecule has 1 aromatic carbocycles. The molecule has 3 heterocycles. The van der Waals surface area contributed by atoms with Gasteiger partial charge >= 0.3 is 6.18 Å². The Hall–Kier alpha value is -3.39. The first kappa shape index (κ1) is 27.2. The van der Waals surface area contributed by atoms with Crippen molar-refractivity contribution in [2.45, 2.75) is 55.0 Å². The van der Waals surface area contributed by atoms with Gasteiger partial charge in [-0.05, 0) is 55.2 Å². The molecule has 0 spiro atoms. The van der Waals surface area contributed by atoms with E-state index in [1.54, 1.807) is 0 Å². The number of ketones is 1. The van der Waals surface area contributed by atoms with Crippen LogP contribution in [0.3, 0.4) is 0 Å². The fraction of sp³-hybridized carbons (Fsp3) is 0.360. The molecule has 1 saturated carbocycles. The number of carbonyl (C=O) groups is 1. The molecule has 1 aliphatic heterocycles. The zero-order valence-corrected chi connectivity index (χ0v) is 20.8. The Morgan fingerprint density at radius 3 is 2.31 bits per heavy atom. The number of aromatic nitrogens is 3. The first-order valence-electron chi connectivity index (χ1n) is 11.9. The third-order valence-corrected chi connectivity index (χ3v) is 8.99. The van der Waals surface area contributed by atoms with E-state index in [0.29, 0.717) is 0 Å². The predicted octanol–water partition coefficient (Wildman–Crippen LogP) is 4.53. The average molecular weight is 571 g/mol. The minimum Gasteiger partial charge on any atom is -0.298 e. The summed E-state index contributed by atoms with van der Waals surface area (Å²) < 4.78 is 108. The van der Waals surface area contributed by atoms with Gasteiger partial charge in [0.25, 0.3) is 0 Å². The molecule has 2 aromatic heterocycles. The summed E-state index contributed by atoms with van der Waals surface area (Å²) in [7, 11) is -4.25. The van der Waals surface area contributed by atoms with E-state index >= 15 is 0 Å². The Kier molecular flexibility index (Phi) is 6.95. The van der Waals surface area contributed by atoms with Gasteiger partial charge in [0.1, 0.15) is 17.8 Å². The predicted molar refractivity (Wildman–Crippen MR) is 124 cm³/mol. The summed E-state index contributed by atoms with van der Waals surface area (Å²) in [6, 6.07) is 3.29. The van der Waals surface area contributed by atoms with Crippen molar-refractivity contribution in [1.82, 2.24) is 19.3 Å². The Balaban J connectivity index is 1.36. The standard InChI is InChI=1S/C25H20F6N4O3S/c26-15-2-4-17(5-3-15)39(37,38)35-16-8-18(19(27)9-16)23(35)22(36)6-1-13-7-21(32-12-20(13)28)14-10-33-24(34-11-14)25(29,30)31/h2-5,7,10-12,16,18-19,23H,1,6,8-9H2/t16?,18-,19?,23?/m1/s1. The molecule has 5 rings (SSSR count). The number of sulfonamides is 1. The fourth-order valence-corrected chi connectivity index (χ4v) is 7.10. The van der Waals surface area contributed by atoms with Gasteiger partial charge < -0.3 is 0 Å². The van der Waals surface area contributed by atoms with Crippen molar-refractivity contribution < 1.29 is 39.6 Å². The molecule has 4 atom stereocenters. The van der Waals surface area contributed by atoms with Crippen molar-refractivity contribution >= 4 is 15.8 Å². The number of hydrogen-bond acceptors (Lipinski definition) is 6. The number of aryl methyl sites for hydroxylation is 1. The van der Waals surface area contributed by atoms with Gasteiger partial charge in [0, 0.05) is 36.3 Å². The van der Waals surface area contributed by atoms with Crippen LogP contribution in [-0.2, 0) is 27.4 Å². The summed E-state index contributed by atoms with van der Waals surface area (Å²) >= 11 is 0. The van der Waals surface area contributed by atoms with Gasteiger partial charge in [-0.25, -0.2) is 31.6 Å². The summed E-state index contributed by atoms with van der Waals surface area (Å²) in [5, 5.41) is 0. The first-order valence-corrected chi connectivity index (χ1v) is 13.3. The number of pyridine rings is 1. The van der Waals surface area contributed by atoms with Crippen LogP contribution in [0.4, 0.5) is 26.3 Å². The van der Waals surface area contributed by atoms with E-state index in [9.17, 15) is 39.6 Å². The van der Waals surface area contributed by atoms with Gasteiger partial charge in [-0.15, -0.1) is 0 Å². The molecular formula is C25H20F6N4O3S. The Morgan fingerprint density at radius 1 is 1.00 bits per heavy atom. The van der Waals surface area contributed by atoms with Gasteiger partial charge in [0.05, 0.1) is 22.8 Å². The van der Waals surface area contributed by atoms with E-state index in [2.05, 4.69) is 15.0 Å². The summed E-state index contributed by atoms with van der Waals surface area (Å²) in [6.07, 6.45) is -3.94. The van der Waals surface area contributed by atoms with Crippen LogP contribution in [-0.4, -0.2) is 51.7 Å². The van der Waals surface area contributed by atoms with E-state index in [1.165, 1.54) is 6.07 Å². The number of fused-ring (bicyclic) bond motifs is 2. The quantitative estimate of drug-likeness (QED) is 0.388. The number of piperidine rings is 1. The smallest absolute Gasteiger partial charge is 0.298 e. The monoisotopic (exact) mass is 570 g/mol. The Labute approximate surface area is 219 Å². The van der Waals surface area contributed by atoms with Gasteiger partial charge in [-0.3, -0.25) is 9.78 Å². The van der Waals surface area contributed by atoms with Crippen LogP contribution >= 0.6 is 0 Å². The molecule has 3 unspecified atom stereocenters. The second-order valence-electron chi connectivity index (χ2n) is 9.46. The lowest BCUT2D eigenvalue weighted by molar-refractivity contribution is -0.145. The Morgan fingerprint density at radius 2 is 1.67 bits per heavy atom. The highest BCUT2D eigenvalue weighted by atomic mass is 32.2. The lowest BCUT2D eigenvalue weighted by atomic mass is 9.92. The third kappa shape index (κ3) is 5.14. The second kappa shape index (κ2) is 9.97. The Bertz CT molecular complexity index is 1500. The number of Topliss-reactive ketones (excluding diaryl/α,β-unsaturated/α-hetero) is 1. The van der Waals surface area contributed by atoms with Gasteiger partial charge in [0.15, 0.2) is 5.78 Å². The van der Waals surface area contributed by atoms with E-state index in [-0.39, 0.29) is 47.4 Å². The van der Waals surface area contributed by atoms with Crippen molar-refractivity contribution in [2.24, 2.45) is 5.92 Å². The summed E-state index contributed by atoms with van der Waals surface area (Å²) in [4.78, 5) is 23.4. The topological polar surface area (TPSA) is 93.1 Å². The van der Waals surface area contributed by atoms with Crippen molar-refractivity contribution in [3.8, 4) is 11.3 Å². The average Bonchev–Trinajstić information content (AvgIpc) is 3.45. The summed E-state index contributed by atoms with van der Waals surface area (Å²) in [5.41, 5.74) is 0.151. The second-order valence-corrected chi connectivity index (χ2v) is 11.3. The number of rotatable bonds is 7. The maximum atomic E-state index is 14.6. The fourth-order valence-electron chi connectivity index (χ4n) is 5.24. The minimum absolute atomic E-state index is 0.00106. The van der Waals surface area contributed by atoms with Gasteiger partial charge in [0.2, 0.25) is 15.8 Å². The van der Waals surface area contributed by atoms with E-state index in [1.807, 2.05) is 0 Å². The molecule has 2 aliphatic rings. The molecule has 206 valence electrons. The van der Waals surface area contributed by atoms with Crippen molar-refractivity contribution in [3.05, 3.63) is 71.9 Å². The maximum Gasteiger partial charge on any atom is 0.451 e. The minimum atomic E-state index is -4.74. The maximum absolute atomic E-state index is 14.6. The molecule has 0 amide bonds. The lowest BCUT2D eigenvalue weighted by Crippen LogP contribution is -2.51. The molecule has 0 N–H and O–H groups in total. The summed E-state index contributed by atoms with van der Waals surface area (Å²) in [6.45, 7) is 0. The highest BCUT2D eigenvalue weighted by molar-refractivity contribution is 7.89. The number of halogens is 6. The van der Waals surface area contributed by atoms with E-state index in [4.69, 9.17) is 0 Å². The molecule has 39 heavy (non-hydrogen) atoms. The lowest BCUT2D eigenvalue weighted by Gasteiger charge is -2.34. The van der Waals surface area contributed by atoms with Crippen molar-refractivity contribution in [2.75, 3.05) is 0 Å². The molecule has 3 aromatic rings. The van der Waals surface area contributed by atoms with Crippen LogP contribution in [0.2, 0.25) is 0 Å². The highest BCUT2D eigenvalue weighted by Gasteiger charge is 2.58. The number of alkyl halides is 4. The molecular weight excluding hydrogens is 550 g/mol. The molecule has 2 bridgehead atoms. The van der Waals surface area contributed by atoms with Crippen LogP contribution in [0.5, 0.6) is 0 Å². The van der Waals surface area contributed by atoms with E-state index in [0.717, 1.165) is 47.2 Å². The SMILES string of the molecule is O=C(CCc1cc(-c2cnc(C(F)(F)F)nc2)ncc1F)C1[C@@H]2CC(CC2F)N1S(=O)(=O)c1ccc(F)cc1. The molecule has 14 heteroatoms.